The van der Waals surface area contributed by atoms with Gasteiger partial charge in [-0.3, -0.25) is 0 Å². The van der Waals surface area contributed by atoms with Gasteiger partial charge in [0.05, 0.1) is 12.8 Å². The Bertz CT molecular complexity index is 475. The molecule has 5 nitrogen and oxygen atoms in total. The molecule has 1 heterocycles. The molecular formula is C11H14N4O. The Morgan fingerprint density at radius 1 is 1.31 bits per heavy atom. The van der Waals surface area contributed by atoms with E-state index in [0.717, 1.165) is 22.7 Å². The molecule has 0 fully saturated rings. The first kappa shape index (κ1) is 10.6. The SMILES string of the molecule is COc1ccc(-c2c(CN)nnn2C)cc1. The maximum Gasteiger partial charge on any atom is 0.118 e. The van der Waals surface area contributed by atoms with Crippen molar-refractivity contribution in [1.29, 1.82) is 0 Å². The van der Waals surface area contributed by atoms with Crippen LogP contribution in [0.4, 0.5) is 0 Å². The third-order valence-electron chi connectivity index (χ3n) is 2.45. The molecule has 0 aliphatic rings. The van der Waals surface area contributed by atoms with Crippen LogP contribution in [0.5, 0.6) is 5.75 Å². The number of benzene rings is 1. The van der Waals surface area contributed by atoms with Crippen molar-refractivity contribution in [2.75, 3.05) is 7.11 Å². The lowest BCUT2D eigenvalue weighted by atomic mass is 10.1. The third kappa shape index (κ3) is 1.77. The number of hydrogen-bond acceptors (Lipinski definition) is 4. The van der Waals surface area contributed by atoms with E-state index in [1.807, 2.05) is 31.3 Å². The Labute approximate surface area is 93.8 Å². The van der Waals surface area contributed by atoms with Gasteiger partial charge in [-0.05, 0) is 24.3 Å². The molecule has 0 unspecified atom stereocenters. The van der Waals surface area contributed by atoms with Crippen LogP contribution < -0.4 is 10.5 Å². The second kappa shape index (κ2) is 4.32. The van der Waals surface area contributed by atoms with E-state index in [1.54, 1.807) is 11.8 Å². The predicted molar refractivity (Wildman–Crippen MR) is 60.9 cm³/mol. The normalized spacial score (nSPS) is 10.4. The van der Waals surface area contributed by atoms with Crippen LogP contribution in [0.3, 0.4) is 0 Å². The fraction of sp³-hybridized carbons (Fsp3) is 0.273. The van der Waals surface area contributed by atoms with Crippen molar-refractivity contribution in [2.24, 2.45) is 12.8 Å². The number of rotatable bonds is 3. The van der Waals surface area contributed by atoms with Gasteiger partial charge in [-0.1, -0.05) is 5.21 Å². The fourth-order valence-electron chi connectivity index (χ4n) is 1.64. The molecule has 0 saturated heterocycles. The van der Waals surface area contributed by atoms with E-state index in [4.69, 9.17) is 10.5 Å². The monoisotopic (exact) mass is 218 g/mol. The molecule has 0 radical (unpaired) electrons. The first-order valence-electron chi connectivity index (χ1n) is 4.99. The second-order valence-corrected chi connectivity index (χ2v) is 3.44. The minimum Gasteiger partial charge on any atom is -0.497 e. The number of ether oxygens (including phenoxy) is 1. The van der Waals surface area contributed by atoms with Gasteiger partial charge in [-0.2, -0.15) is 0 Å². The zero-order valence-electron chi connectivity index (χ0n) is 9.34. The van der Waals surface area contributed by atoms with Crippen LogP contribution in [-0.2, 0) is 13.6 Å². The Hall–Kier alpha value is -1.88. The van der Waals surface area contributed by atoms with E-state index in [0.29, 0.717) is 6.54 Å². The van der Waals surface area contributed by atoms with Gasteiger partial charge >= 0.3 is 0 Å². The van der Waals surface area contributed by atoms with Crippen LogP contribution in [0.25, 0.3) is 11.3 Å². The Kier molecular flexibility index (Phi) is 2.87. The van der Waals surface area contributed by atoms with Crippen LogP contribution in [0.1, 0.15) is 5.69 Å². The van der Waals surface area contributed by atoms with Crippen molar-refractivity contribution in [2.45, 2.75) is 6.54 Å². The summed E-state index contributed by atoms with van der Waals surface area (Å²) in [4.78, 5) is 0. The molecule has 1 aromatic carbocycles. The Morgan fingerprint density at radius 3 is 2.56 bits per heavy atom. The van der Waals surface area contributed by atoms with Crippen LogP contribution in [-0.4, -0.2) is 22.1 Å². The molecule has 2 rings (SSSR count). The molecule has 2 N–H and O–H groups in total. The van der Waals surface area contributed by atoms with Gasteiger partial charge < -0.3 is 10.5 Å². The molecule has 0 bridgehead atoms. The highest BCUT2D eigenvalue weighted by Gasteiger charge is 2.11. The van der Waals surface area contributed by atoms with Crippen LogP contribution >= 0.6 is 0 Å². The lowest BCUT2D eigenvalue weighted by Crippen LogP contribution is -2.00. The minimum absolute atomic E-state index is 0.384. The van der Waals surface area contributed by atoms with E-state index in [-0.39, 0.29) is 0 Å². The first-order chi connectivity index (χ1) is 7.76. The highest BCUT2D eigenvalue weighted by atomic mass is 16.5. The minimum atomic E-state index is 0.384. The molecule has 0 atom stereocenters. The molecule has 5 heteroatoms. The van der Waals surface area contributed by atoms with Crippen molar-refractivity contribution < 1.29 is 4.74 Å². The van der Waals surface area contributed by atoms with Crippen molar-refractivity contribution >= 4 is 0 Å². The third-order valence-corrected chi connectivity index (χ3v) is 2.45. The molecular weight excluding hydrogens is 204 g/mol. The quantitative estimate of drug-likeness (QED) is 0.833. The van der Waals surface area contributed by atoms with E-state index in [1.165, 1.54) is 0 Å². The number of aryl methyl sites for hydroxylation is 1. The van der Waals surface area contributed by atoms with Crippen LogP contribution in [0.2, 0.25) is 0 Å². The lowest BCUT2D eigenvalue weighted by molar-refractivity contribution is 0.415. The smallest absolute Gasteiger partial charge is 0.118 e. The van der Waals surface area contributed by atoms with Crippen molar-refractivity contribution in [1.82, 2.24) is 15.0 Å². The number of methoxy groups -OCH3 is 1. The van der Waals surface area contributed by atoms with Crippen LogP contribution in [0.15, 0.2) is 24.3 Å². The summed E-state index contributed by atoms with van der Waals surface area (Å²) in [6.45, 7) is 0.384. The summed E-state index contributed by atoms with van der Waals surface area (Å²) >= 11 is 0. The number of nitrogens with two attached hydrogens (primary N) is 1. The molecule has 1 aromatic heterocycles. The van der Waals surface area contributed by atoms with Crippen LogP contribution in [0, 0.1) is 0 Å². The zero-order valence-corrected chi connectivity index (χ0v) is 9.34. The van der Waals surface area contributed by atoms with E-state index in [2.05, 4.69) is 10.3 Å². The fourth-order valence-corrected chi connectivity index (χ4v) is 1.64. The predicted octanol–water partition coefficient (Wildman–Crippen LogP) is 0.949. The molecule has 0 aliphatic carbocycles. The van der Waals surface area contributed by atoms with Gasteiger partial charge in [0.15, 0.2) is 0 Å². The van der Waals surface area contributed by atoms with Gasteiger partial charge in [0.1, 0.15) is 11.4 Å². The Morgan fingerprint density at radius 2 is 2.00 bits per heavy atom. The summed E-state index contributed by atoms with van der Waals surface area (Å²) in [6, 6.07) is 7.75. The topological polar surface area (TPSA) is 66.0 Å². The van der Waals surface area contributed by atoms with E-state index < -0.39 is 0 Å². The first-order valence-corrected chi connectivity index (χ1v) is 4.99. The maximum atomic E-state index is 5.62. The van der Waals surface area contributed by atoms with Gasteiger partial charge in [0, 0.05) is 19.2 Å². The largest absolute Gasteiger partial charge is 0.497 e. The van der Waals surface area contributed by atoms with E-state index in [9.17, 15) is 0 Å². The highest BCUT2D eigenvalue weighted by molar-refractivity contribution is 5.62. The van der Waals surface area contributed by atoms with Crippen molar-refractivity contribution in [3.63, 3.8) is 0 Å². The van der Waals surface area contributed by atoms with Gasteiger partial charge in [0.2, 0.25) is 0 Å². The summed E-state index contributed by atoms with van der Waals surface area (Å²) in [6.07, 6.45) is 0. The molecule has 84 valence electrons. The van der Waals surface area contributed by atoms with Crippen molar-refractivity contribution in [3.05, 3.63) is 30.0 Å². The average molecular weight is 218 g/mol. The summed E-state index contributed by atoms with van der Waals surface area (Å²) in [7, 11) is 3.50. The standard InChI is InChI=1S/C11H14N4O/c1-15-11(10(7-12)13-14-15)8-3-5-9(16-2)6-4-8/h3-6H,7,12H2,1-2H3. The molecule has 0 aliphatic heterocycles. The molecule has 0 saturated carbocycles. The number of aromatic nitrogens is 3. The van der Waals surface area contributed by atoms with E-state index >= 15 is 0 Å². The van der Waals surface area contributed by atoms with Crippen molar-refractivity contribution in [3.8, 4) is 17.0 Å². The maximum absolute atomic E-state index is 5.62. The number of hydrogen-bond donors (Lipinski definition) is 1. The second-order valence-electron chi connectivity index (χ2n) is 3.44. The lowest BCUT2D eigenvalue weighted by Gasteiger charge is -2.04. The van der Waals surface area contributed by atoms with Gasteiger partial charge in [-0.15, -0.1) is 5.10 Å². The average Bonchev–Trinajstić information content (AvgIpc) is 2.70. The Balaban J connectivity index is 2.45. The highest BCUT2D eigenvalue weighted by Crippen LogP contribution is 2.23. The zero-order chi connectivity index (χ0) is 11.5. The van der Waals surface area contributed by atoms with Gasteiger partial charge in [-0.25, -0.2) is 4.68 Å². The summed E-state index contributed by atoms with van der Waals surface area (Å²) in [5, 5.41) is 7.97. The number of nitrogens with zero attached hydrogens (tertiary/aromatic N) is 3. The molecule has 0 amide bonds. The van der Waals surface area contributed by atoms with Gasteiger partial charge in [0.25, 0.3) is 0 Å². The molecule has 16 heavy (non-hydrogen) atoms. The molecule has 2 aromatic rings. The summed E-state index contributed by atoms with van der Waals surface area (Å²) in [5.41, 5.74) is 8.40. The summed E-state index contributed by atoms with van der Waals surface area (Å²) < 4.78 is 6.84. The molecule has 0 spiro atoms. The summed E-state index contributed by atoms with van der Waals surface area (Å²) in [5.74, 6) is 0.827.